The van der Waals surface area contributed by atoms with E-state index in [1.165, 1.54) is 11.1 Å². The summed E-state index contributed by atoms with van der Waals surface area (Å²) >= 11 is 0. The van der Waals surface area contributed by atoms with Gasteiger partial charge >= 0.3 is 210 Å². The first kappa shape index (κ1) is 34.9. The molecule has 3 aliphatic rings. The van der Waals surface area contributed by atoms with E-state index in [2.05, 4.69) is 97.7 Å². The van der Waals surface area contributed by atoms with Crippen molar-refractivity contribution < 1.29 is 18.9 Å². The topological polar surface area (TPSA) is 64.6 Å². The van der Waals surface area contributed by atoms with Gasteiger partial charge in [0, 0.05) is 0 Å². The molecule has 240 valence electrons. The Morgan fingerprint density at radius 2 is 1.70 bits per heavy atom. The average Bonchev–Trinajstić information content (AvgIpc) is 3.52. The number of hydrogen-bond acceptors (Lipinski definition) is 4. The third kappa shape index (κ3) is 8.05. The van der Waals surface area contributed by atoms with E-state index >= 15 is 0 Å². The molecule has 5 atom stereocenters. The van der Waals surface area contributed by atoms with Crippen LogP contribution in [0.5, 0.6) is 0 Å². The second kappa shape index (κ2) is 13.8. The summed E-state index contributed by atoms with van der Waals surface area (Å²) < 4.78 is 12.6. The Morgan fingerprint density at radius 1 is 1.05 bits per heavy atom. The number of carbonyl (C=O) groups excluding carboxylic acids is 2. The molecule has 4 rings (SSSR count). The first-order valence-corrected chi connectivity index (χ1v) is 17.1. The van der Waals surface area contributed by atoms with Crippen molar-refractivity contribution in [3.8, 4) is 0 Å². The summed E-state index contributed by atoms with van der Waals surface area (Å²) in [6.07, 6.45) is 11.0. The second-order valence-corrected chi connectivity index (χ2v) is 16.1. The van der Waals surface area contributed by atoms with E-state index in [4.69, 9.17) is 9.31 Å². The number of benzene rings is 1. The van der Waals surface area contributed by atoms with Gasteiger partial charge in [-0.1, -0.05) is 20.8 Å². The molecule has 3 fully saturated rings. The molecule has 0 radical (unpaired) electrons. The van der Waals surface area contributed by atoms with E-state index in [1.807, 2.05) is 5.97 Å². The molecule has 2 saturated carbocycles. The predicted octanol–water partition coefficient (Wildman–Crippen LogP) is 7.05. The van der Waals surface area contributed by atoms with Gasteiger partial charge in [-0.2, -0.15) is 0 Å². The van der Waals surface area contributed by atoms with Gasteiger partial charge in [-0.25, -0.2) is 0 Å². The molecular formula is C37H57B2NO4. The Hall–Kier alpha value is -1.98. The van der Waals surface area contributed by atoms with Crippen LogP contribution < -0.4 is 5.32 Å². The van der Waals surface area contributed by atoms with E-state index in [9.17, 15) is 9.59 Å². The normalized spacial score (nSPS) is 29.4. The van der Waals surface area contributed by atoms with Crippen molar-refractivity contribution in [1.29, 1.82) is 0 Å². The molecule has 1 aromatic carbocycles. The average molecular weight is 601 g/mol. The van der Waals surface area contributed by atoms with Crippen molar-refractivity contribution in [2.45, 2.75) is 136 Å². The number of amides is 1. The molecule has 5 nitrogen and oxygen atoms in total. The minimum atomic E-state index is -0.792. The number of ketones is 1. The fourth-order valence-electron chi connectivity index (χ4n) is 8.23. The zero-order valence-corrected chi connectivity index (χ0v) is 28.8. The number of Topliss-reactive ketones (excluding diaryl/α,β-unsaturated/α-hetero) is 1. The van der Waals surface area contributed by atoms with Crippen LogP contribution in [0.4, 0.5) is 0 Å². The van der Waals surface area contributed by atoms with Gasteiger partial charge in [0.1, 0.15) is 0 Å². The van der Waals surface area contributed by atoms with Crippen LogP contribution in [0, 0.1) is 29.1 Å². The summed E-state index contributed by atoms with van der Waals surface area (Å²) in [5, 5.41) is 3.31. The number of rotatable bonds is 13. The molecule has 2 aliphatic carbocycles. The van der Waals surface area contributed by atoms with Gasteiger partial charge in [-0.15, -0.1) is 0 Å². The zero-order chi connectivity index (χ0) is 32.3. The first-order chi connectivity index (χ1) is 20.6. The van der Waals surface area contributed by atoms with Crippen LogP contribution in [-0.4, -0.2) is 49.0 Å². The third-order valence-electron chi connectivity index (χ3n) is 11.1. The number of aryl methyl sites for hydroxylation is 1. The van der Waals surface area contributed by atoms with Gasteiger partial charge in [-0.05, 0) is 27.7 Å². The van der Waals surface area contributed by atoms with Crippen LogP contribution in [0.1, 0.15) is 112 Å². The Morgan fingerprint density at radius 3 is 2.30 bits per heavy atom. The van der Waals surface area contributed by atoms with Crippen LogP contribution in [0.15, 0.2) is 42.0 Å². The van der Waals surface area contributed by atoms with Crippen LogP contribution in [0.2, 0.25) is 6.32 Å². The number of allylic oxidation sites excluding steroid dienone is 2. The fraction of sp³-hybridized carbons (Fsp3) is 0.703. The number of hydrogen-bond donors (Lipinski definition) is 1. The molecule has 0 bridgehead atoms. The van der Waals surface area contributed by atoms with E-state index in [-0.39, 0.29) is 41.3 Å². The fourth-order valence-corrected chi connectivity index (χ4v) is 8.23. The standard InChI is InChI=1S/C37H57B2NO4/c1-26(41)40-37(33(42)18-20-34(2,3)4)25-30-23-29(28(19-21-38)17-16-27-13-10-9-11-14-27)24-31(30)32(37)15-12-22-39-43-35(5,6)36(7,8)44-39/h9-11,13-14,19,21,29-32,38H,12,15-18,20,22-25H2,1-8H3,(H,40,41)/b28-19-/t29?,30-,31-,32?,37?/m1/s1. The molecule has 1 saturated heterocycles. The Bertz CT molecular complexity index is 1190. The van der Waals surface area contributed by atoms with Gasteiger partial charge in [0.15, 0.2) is 0 Å². The van der Waals surface area contributed by atoms with Gasteiger partial charge < -0.3 is 0 Å². The van der Waals surface area contributed by atoms with E-state index < -0.39 is 5.54 Å². The number of fused-ring (bicyclic) bond motifs is 1. The predicted molar refractivity (Wildman–Crippen MR) is 184 cm³/mol. The molecule has 7 heteroatoms. The summed E-state index contributed by atoms with van der Waals surface area (Å²) in [6.45, 7) is 16.5. The Labute approximate surface area is 268 Å². The molecular weight excluding hydrogens is 544 g/mol. The monoisotopic (exact) mass is 601 g/mol. The van der Waals surface area contributed by atoms with Crippen molar-refractivity contribution in [3.05, 3.63) is 47.5 Å². The summed E-state index contributed by atoms with van der Waals surface area (Å²) in [4.78, 5) is 27.0. The number of nitrogens with one attached hydrogen (secondary N) is 1. The van der Waals surface area contributed by atoms with Crippen molar-refractivity contribution in [1.82, 2.24) is 5.32 Å². The van der Waals surface area contributed by atoms with Gasteiger partial charge in [-0.3, -0.25) is 0 Å². The van der Waals surface area contributed by atoms with E-state index in [0.29, 0.717) is 24.2 Å². The van der Waals surface area contributed by atoms with Crippen molar-refractivity contribution in [2.75, 3.05) is 0 Å². The molecule has 1 aliphatic heterocycles. The maximum atomic E-state index is 14.3. The van der Waals surface area contributed by atoms with E-state index in [0.717, 1.165) is 57.7 Å². The quantitative estimate of drug-likeness (QED) is 0.246. The molecule has 1 heterocycles. The summed E-state index contributed by atoms with van der Waals surface area (Å²) in [7, 11) is 3.79. The van der Waals surface area contributed by atoms with Crippen molar-refractivity contribution in [3.63, 3.8) is 0 Å². The molecule has 0 aromatic heterocycles. The van der Waals surface area contributed by atoms with Crippen LogP contribution in [-0.2, 0) is 25.3 Å². The van der Waals surface area contributed by atoms with Crippen LogP contribution >= 0.6 is 0 Å². The molecule has 1 aromatic rings. The molecule has 1 amide bonds. The van der Waals surface area contributed by atoms with Gasteiger partial charge in [0.2, 0.25) is 0 Å². The summed E-state index contributed by atoms with van der Waals surface area (Å²) in [5.74, 6) is 3.46. The summed E-state index contributed by atoms with van der Waals surface area (Å²) in [6, 6.07) is 10.7. The maximum absolute atomic E-state index is 14.3. The summed E-state index contributed by atoms with van der Waals surface area (Å²) in [5.41, 5.74) is 1.38. The first-order valence-electron chi connectivity index (χ1n) is 17.1. The van der Waals surface area contributed by atoms with Crippen LogP contribution in [0.3, 0.4) is 0 Å². The second-order valence-electron chi connectivity index (χ2n) is 16.1. The molecule has 3 unspecified atom stereocenters. The molecule has 1 N–H and O–H groups in total. The van der Waals surface area contributed by atoms with Crippen molar-refractivity contribution in [2.24, 2.45) is 29.1 Å². The Balaban J connectivity index is 1.55. The molecule has 0 spiro atoms. The van der Waals surface area contributed by atoms with Gasteiger partial charge in [0.25, 0.3) is 0 Å². The van der Waals surface area contributed by atoms with E-state index in [1.54, 1.807) is 6.92 Å². The minimum absolute atomic E-state index is 0.0576. The van der Waals surface area contributed by atoms with Crippen LogP contribution in [0.25, 0.3) is 0 Å². The molecule has 44 heavy (non-hydrogen) atoms. The SMILES string of the molecule is B=C/C=C(/CCc1ccccc1)C1C[C@@H]2CC(NC(C)=O)(C(=O)CCC(C)(C)C)C(CCCB3OC(C)(C)C(C)(C)O3)[C@@H]2C1. The van der Waals surface area contributed by atoms with Crippen molar-refractivity contribution >= 4 is 32.3 Å². The van der Waals surface area contributed by atoms with Gasteiger partial charge in [0.05, 0.1) is 11.2 Å². The Kier molecular flexibility index (Phi) is 10.9. The number of carbonyl (C=O) groups is 2. The third-order valence-corrected chi connectivity index (χ3v) is 11.1. The zero-order valence-electron chi connectivity index (χ0n) is 28.8.